The van der Waals surface area contributed by atoms with Crippen LogP contribution in [0.5, 0.6) is 0 Å². The zero-order valence-corrected chi connectivity index (χ0v) is 9.79. The minimum atomic E-state index is -0.0330. The first kappa shape index (κ1) is 12.5. The molecule has 1 amide bonds. The summed E-state index contributed by atoms with van der Waals surface area (Å²) in [6, 6.07) is -0.0330. The third-order valence-electron chi connectivity index (χ3n) is 2.66. The quantitative estimate of drug-likeness (QED) is 0.659. The molecule has 1 fully saturated rings. The number of nitrogens with one attached hydrogen (secondary N) is 1. The molecule has 0 radical (unpaired) electrons. The van der Waals surface area contributed by atoms with E-state index in [-0.39, 0.29) is 11.9 Å². The molecule has 0 bridgehead atoms. The Labute approximate surface area is 92.0 Å². The molecule has 0 aromatic carbocycles. The minimum absolute atomic E-state index is 0.0330. The summed E-state index contributed by atoms with van der Waals surface area (Å²) in [5.41, 5.74) is 0. The first-order valence-corrected chi connectivity index (χ1v) is 5.85. The van der Waals surface area contributed by atoms with Crippen molar-refractivity contribution >= 4 is 5.91 Å². The molecule has 1 unspecified atom stereocenters. The smallest absolute Gasteiger partial charge is 0.239 e. The lowest BCUT2D eigenvalue weighted by Gasteiger charge is -2.31. The number of hydrogen-bond acceptors (Lipinski definition) is 3. The maximum atomic E-state index is 11.7. The maximum Gasteiger partial charge on any atom is 0.239 e. The number of amides is 1. The van der Waals surface area contributed by atoms with Crippen molar-refractivity contribution < 1.29 is 9.53 Å². The van der Waals surface area contributed by atoms with Crippen molar-refractivity contribution in [3.8, 4) is 0 Å². The highest BCUT2D eigenvalue weighted by molar-refractivity contribution is 5.82. The summed E-state index contributed by atoms with van der Waals surface area (Å²) in [6.07, 6.45) is 2.26. The predicted octanol–water partition coefficient (Wildman–Crippen LogP) is 0.623. The van der Waals surface area contributed by atoms with E-state index in [1.165, 1.54) is 0 Å². The Morgan fingerprint density at radius 1 is 1.53 bits per heavy atom. The number of nitrogens with zero attached hydrogens (tertiary/aromatic N) is 1. The van der Waals surface area contributed by atoms with Gasteiger partial charge in [-0.25, -0.2) is 0 Å². The average Bonchev–Trinajstić information content (AvgIpc) is 2.24. The molecule has 0 spiro atoms. The zero-order valence-electron chi connectivity index (χ0n) is 9.79. The second-order valence-electron chi connectivity index (χ2n) is 3.97. The SMILES string of the molecule is CCCCOCCN1CCNC(C)C1=O. The highest BCUT2D eigenvalue weighted by Gasteiger charge is 2.23. The summed E-state index contributed by atoms with van der Waals surface area (Å²) in [5.74, 6) is 0.195. The van der Waals surface area contributed by atoms with E-state index in [4.69, 9.17) is 4.74 Å². The fourth-order valence-electron chi connectivity index (χ4n) is 1.63. The van der Waals surface area contributed by atoms with Gasteiger partial charge in [0.2, 0.25) is 5.91 Å². The van der Waals surface area contributed by atoms with Crippen LogP contribution in [0.1, 0.15) is 26.7 Å². The highest BCUT2D eigenvalue weighted by atomic mass is 16.5. The van der Waals surface area contributed by atoms with E-state index >= 15 is 0 Å². The number of carbonyl (C=O) groups excluding carboxylic acids is 1. The van der Waals surface area contributed by atoms with Crippen LogP contribution in [0.15, 0.2) is 0 Å². The van der Waals surface area contributed by atoms with Crippen molar-refractivity contribution in [2.45, 2.75) is 32.7 Å². The fraction of sp³-hybridized carbons (Fsp3) is 0.909. The highest BCUT2D eigenvalue weighted by Crippen LogP contribution is 2.00. The lowest BCUT2D eigenvalue weighted by Crippen LogP contribution is -2.54. The molecular formula is C11H22N2O2. The Balaban J connectivity index is 2.12. The van der Waals surface area contributed by atoms with Crippen LogP contribution in [-0.2, 0) is 9.53 Å². The van der Waals surface area contributed by atoms with Gasteiger partial charge in [-0.05, 0) is 13.3 Å². The molecule has 4 nitrogen and oxygen atoms in total. The molecule has 1 saturated heterocycles. The summed E-state index contributed by atoms with van der Waals surface area (Å²) in [5, 5.41) is 3.14. The third-order valence-corrected chi connectivity index (χ3v) is 2.66. The van der Waals surface area contributed by atoms with Gasteiger partial charge in [0.05, 0.1) is 12.6 Å². The number of piperazine rings is 1. The molecule has 0 saturated carbocycles. The van der Waals surface area contributed by atoms with Crippen LogP contribution in [0.2, 0.25) is 0 Å². The van der Waals surface area contributed by atoms with E-state index in [2.05, 4.69) is 12.2 Å². The summed E-state index contributed by atoms with van der Waals surface area (Å²) in [6.45, 7) is 7.96. The van der Waals surface area contributed by atoms with Crippen molar-refractivity contribution in [1.82, 2.24) is 10.2 Å². The summed E-state index contributed by atoms with van der Waals surface area (Å²) in [7, 11) is 0. The van der Waals surface area contributed by atoms with Gasteiger partial charge in [0.25, 0.3) is 0 Å². The van der Waals surface area contributed by atoms with Crippen LogP contribution in [0.25, 0.3) is 0 Å². The number of hydrogen-bond donors (Lipinski definition) is 1. The average molecular weight is 214 g/mol. The summed E-state index contributed by atoms with van der Waals surface area (Å²) in [4.78, 5) is 13.5. The monoisotopic (exact) mass is 214 g/mol. The molecule has 1 rings (SSSR count). The van der Waals surface area contributed by atoms with Crippen molar-refractivity contribution in [3.05, 3.63) is 0 Å². The van der Waals surface area contributed by atoms with E-state index in [9.17, 15) is 4.79 Å². The first-order chi connectivity index (χ1) is 7.25. The van der Waals surface area contributed by atoms with E-state index in [0.717, 1.165) is 39.1 Å². The Morgan fingerprint density at radius 2 is 2.33 bits per heavy atom. The molecule has 0 aromatic rings. The largest absolute Gasteiger partial charge is 0.380 e. The lowest BCUT2D eigenvalue weighted by atomic mass is 10.2. The van der Waals surface area contributed by atoms with Gasteiger partial charge in [-0.2, -0.15) is 0 Å². The van der Waals surface area contributed by atoms with Gasteiger partial charge in [0.1, 0.15) is 0 Å². The van der Waals surface area contributed by atoms with Crippen LogP contribution in [0.3, 0.4) is 0 Å². The number of ether oxygens (including phenoxy) is 1. The molecule has 1 N–H and O–H groups in total. The molecule has 1 heterocycles. The van der Waals surface area contributed by atoms with Gasteiger partial charge < -0.3 is 15.0 Å². The van der Waals surface area contributed by atoms with E-state index in [1.807, 2.05) is 11.8 Å². The standard InChI is InChI=1S/C11H22N2O2/c1-3-4-8-15-9-7-13-6-5-12-10(2)11(13)14/h10,12H,3-9H2,1-2H3. The van der Waals surface area contributed by atoms with Gasteiger partial charge in [-0.15, -0.1) is 0 Å². The lowest BCUT2D eigenvalue weighted by molar-refractivity contribution is -0.135. The Bertz CT molecular complexity index is 197. The second-order valence-corrected chi connectivity index (χ2v) is 3.97. The molecule has 1 aliphatic rings. The van der Waals surface area contributed by atoms with Crippen molar-refractivity contribution in [1.29, 1.82) is 0 Å². The van der Waals surface area contributed by atoms with Gasteiger partial charge in [0.15, 0.2) is 0 Å². The Morgan fingerprint density at radius 3 is 3.07 bits per heavy atom. The van der Waals surface area contributed by atoms with Crippen LogP contribution >= 0.6 is 0 Å². The topological polar surface area (TPSA) is 41.6 Å². The van der Waals surface area contributed by atoms with Crippen LogP contribution in [-0.4, -0.2) is 49.7 Å². The molecule has 0 aromatic heterocycles. The van der Waals surface area contributed by atoms with Crippen molar-refractivity contribution in [2.24, 2.45) is 0 Å². The molecule has 1 aliphatic heterocycles. The number of rotatable bonds is 6. The summed E-state index contributed by atoms with van der Waals surface area (Å²) < 4.78 is 5.45. The minimum Gasteiger partial charge on any atom is -0.380 e. The molecule has 4 heteroatoms. The number of carbonyl (C=O) groups is 1. The van der Waals surface area contributed by atoms with Gasteiger partial charge in [-0.1, -0.05) is 13.3 Å². The molecular weight excluding hydrogens is 192 g/mol. The normalized spacial score (nSPS) is 22.1. The fourth-order valence-corrected chi connectivity index (χ4v) is 1.63. The van der Waals surface area contributed by atoms with Gasteiger partial charge in [-0.3, -0.25) is 4.79 Å². The van der Waals surface area contributed by atoms with Crippen molar-refractivity contribution in [2.75, 3.05) is 32.8 Å². The van der Waals surface area contributed by atoms with E-state index in [1.54, 1.807) is 0 Å². The van der Waals surface area contributed by atoms with E-state index < -0.39 is 0 Å². The van der Waals surface area contributed by atoms with Crippen LogP contribution in [0.4, 0.5) is 0 Å². The summed E-state index contributed by atoms with van der Waals surface area (Å²) >= 11 is 0. The number of unbranched alkanes of at least 4 members (excludes halogenated alkanes) is 1. The predicted molar refractivity (Wildman–Crippen MR) is 59.8 cm³/mol. The third kappa shape index (κ3) is 4.18. The van der Waals surface area contributed by atoms with Crippen LogP contribution in [0, 0.1) is 0 Å². The van der Waals surface area contributed by atoms with Gasteiger partial charge >= 0.3 is 0 Å². The van der Waals surface area contributed by atoms with Crippen LogP contribution < -0.4 is 5.32 Å². The molecule has 0 aliphatic carbocycles. The molecule has 15 heavy (non-hydrogen) atoms. The second kappa shape index (κ2) is 6.80. The molecule has 1 atom stereocenters. The van der Waals surface area contributed by atoms with Crippen molar-refractivity contribution in [3.63, 3.8) is 0 Å². The Kier molecular flexibility index (Phi) is 5.65. The molecule has 88 valence electrons. The maximum absolute atomic E-state index is 11.7. The zero-order chi connectivity index (χ0) is 11.1. The Hall–Kier alpha value is -0.610. The van der Waals surface area contributed by atoms with E-state index in [0.29, 0.717) is 6.61 Å². The van der Waals surface area contributed by atoms with Gasteiger partial charge in [0, 0.05) is 26.2 Å². The first-order valence-electron chi connectivity index (χ1n) is 5.85.